The Labute approximate surface area is 248 Å². The van der Waals surface area contributed by atoms with Crippen LogP contribution in [-0.2, 0) is 29.8 Å². The van der Waals surface area contributed by atoms with Crippen LogP contribution in [0.2, 0.25) is 0 Å². The number of rotatable bonds is 10. The second-order valence-corrected chi connectivity index (χ2v) is 11.6. The van der Waals surface area contributed by atoms with E-state index in [1.165, 1.54) is 0 Å². The molecule has 220 valence electrons. The number of carbonyl (C=O) groups is 1. The number of ether oxygens (including phenoxy) is 3. The van der Waals surface area contributed by atoms with Crippen LogP contribution in [0.5, 0.6) is 11.6 Å². The van der Waals surface area contributed by atoms with Crippen molar-refractivity contribution in [1.82, 2.24) is 24.4 Å². The van der Waals surface area contributed by atoms with E-state index in [0.29, 0.717) is 36.2 Å². The van der Waals surface area contributed by atoms with E-state index < -0.39 is 5.97 Å². The maximum absolute atomic E-state index is 11.6. The van der Waals surface area contributed by atoms with Gasteiger partial charge < -0.3 is 23.9 Å². The molecule has 11 nitrogen and oxygen atoms in total. The summed E-state index contributed by atoms with van der Waals surface area (Å²) in [6, 6.07) is 12.5. The molecule has 11 heteroatoms. The van der Waals surface area contributed by atoms with Crippen LogP contribution in [0, 0.1) is 17.2 Å². The maximum Gasteiger partial charge on any atom is 0.335 e. The zero-order chi connectivity index (χ0) is 29.6. The molecule has 2 aromatic carbocycles. The van der Waals surface area contributed by atoms with Crippen LogP contribution in [0.25, 0.3) is 11.0 Å². The summed E-state index contributed by atoms with van der Waals surface area (Å²) in [4.78, 5) is 28.3. The molecule has 4 aromatic rings. The molecule has 0 radical (unpaired) electrons. The second kappa shape index (κ2) is 10.9. The molecule has 0 bridgehead atoms. The Morgan fingerprint density at radius 1 is 1.23 bits per heavy atom. The number of piperidine rings is 1. The van der Waals surface area contributed by atoms with Crippen molar-refractivity contribution in [2.24, 2.45) is 5.92 Å². The predicted octanol–water partition coefficient (Wildman–Crippen LogP) is 3.94. The average Bonchev–Trinajstić information content (AvgIpc) is 3.65. The van der Waals surface area contributed by atoms with Gasteiger partial charge in [0.1, 0.15) is 18.2 Å². The van der Waals surface area contributed by atoms with Gasteiger partial charge in [-0.1, -0.05) is 6.07 Å². The lowest BCUT2D eigenvalue weighted by molar-refractivity contribution is -0.0592. The molecule has 3 fully saturated rings. The minimum atomic E-state index is -0.941. The summed E-state index contributed by atoms with van der Waals surface area (Å²) < 4.78 is 19.3. The smallest absolute Gasteiger partial charge is 0.335 e. The van der Waals surface area contributed by atoms with Crippen LogP contribution in [0.1, 0.15) is 52.3 Å². The largest absolute Gasteiger partial charge is 0.496 e. The normalized spacial score (nSPS) is 22.8. The number of fused-ring (bicyclic) bond motifs is 2. The molecule has 4 heterocycles. The lowest BCUT2D eigenvalue weighted by Gasteiger charge is -2.32. The Bertz CT molecular complexity index is 1740. The van der Waals surface area contributed by atoms with Gasteiger partial charge in [-0.3, -0.25) is 9.88 Å². The predicted molar refractivity (Wildman–Crippen MR) is 155 cm³/mol. The van der Waals surface area contributed by atoms with Crippen molar-refractivity contribution < 1.29 is 24.1 Å². The highest BCUT2D eigenvalue weighted by molar-refractivity contribution is 5.92. The Balaban J connectivity index is 1.04. The molecule has 0 spiro atoms. The van der Waals surface area contributed by atoms with Crippen LogP contribution in [0.15, 0.2) is 48.8 Å². The molecule has 1 saturated carbocycles. The number of carboxylic acids is 1. The van der Waals surface area contributed by atoms with Gasteiger partial charge in [-0.2, -0.15) is 5.26 Å². The van der Waals surface area contributed by atoms with E-state index in [0.717, 1.165) is 67.1 Å². The number of nitrogens with zero attached hydrogens (tertiary/aromatic N) is 6. The molecule has 1 N–H and O–H groups in total. The third-order valence-electron chi connectivity index (χ3n) is 9.12. The van der Waals surface area contributed by atoms with E-state index in [-0.39, 0.29) is 23.7 Å². The Morgan fingerprint density at radius 2 is 2.12 bits per heavy atom. The monoisotopic (exact) mass is 580 g/mol. The number of aromatic nitrogens is 4. The third-order valence-corrected chi connectivity index (χ3v) is 9.12. The average molecular weight is 581 g/mol. The van der Waals surface area contributed by atoms with E-state index in [9.17, 15) is 9.90 Å². The second-order valence-electron chi connectivity index (χ2n) is 11.6. The highest BCUT2D eigenvalue weighted by Gasteiger charge is 2.58. The van der Waals surface area contributed by atoms with Crippen molar-refractivity contribution >= 4 is 17.0 Å². The molecule has 2 aromatic heterocycles. The number of hydrogen-bond acceptors (Lipinski definition) is 9. The molecule has 3 atom stereocenters. The summed E-state index contributed by atoms with van der Waals surface area (Å²) in [6.45, 7) is 4.22. The molecule has 3 aliphatic rings. The van der Waals surface area contributed by atoms with Gasteiger partial charge in [0.25, 0.3) is 0 Å². The topological polar surface area (TPSA) is 136 Å². The van der Waals surface area contributed by atoms with E-state index in [2.05, 4.69) is 20.5 Å². The van der Waals surface area contributed by atoms with Crippen LogP contribution in [-0.4, -0.2) is 68.4 Å². The number of hydrogen-bond donors (Lipinski definition) is 1. The summed E-state index contributed by atoms with van der Waals surface area (Å²) in [5, 5.41) is 18.7. The van der Waals surface area contributed by atoms with Crippen molar-refractivity contribution in [2.75, 3.05) is 26.8 Å². The first kappa shape index (κ1) is 27.3. The van der Waals surface area contributed by atoms with Crippen LogP contribution in [0.3, 0.4) is 0 Å². The third kappa shape index (κ3) is 5.17. The van der Waals surface area contributed by atoms with Crippen molar-refractivity contribution in [3.05, 3.63) is 77.0 Å². The summed E-state index contributed by atoms with van der Waals surface area (Å²) in [6.07, 6.45) is 6.65. The van der Waals surface area contributed by atoms with Crippen molar-refractivity contribution in [3.8, 4) is 17.7 Å². The van der Waals surface area contributed by atoms with Crippen LogP contribution in [0.4, 0.5) is 0 Å². The Morgan fingerprint density at radius 3 is 2.86 bits per heavy atom. The van der Waals surface area contributed by atoms with E-state index >= 15 is 0 Å². The molecular weight excluding hydrogens is 548 g/mol. The first-order valence-corrected chi connectivity index (χ1v) is 14.5. The Hall–Kier alpha value is -4.53. The zero-order valence-corrected chi connectivity index (χ0v) is 23.9. The summed E-state index contributed by atoms with van der Waals surface area (Å²) in [5.41, 5.74) is 4.25. The minimum absolute atomic E-state index is 0.00526. The van der Waals surface area contributed by atoms with Gasteiger partial charge in [0.15, 0.2) is 0 Å². The number of likely N-dealkylation sites (tertiary alicyclic amines) is 1. The van der Waals surface area contributed by atoms with Gasteiger partial charge in [-0.05, 0) is 62.1 Å². The Kier molecular flexibility index (Phi) is 6.95. The number of carboxylic acid groups (broad SMARTS) is 1. The van der Waals surface area contributed by atoms with E-state index in [4.69, 9.17) is 29.4 Å². The van der Waals surface area contributed by atoms with Gasteiger partial charge in [-0.25, -0.2) is 14.8 Å². The number of benzene rings is 2. The molecule has 2 aliphatic heterocycles. The van der Waals surface area contributed by atoms with Crippen LogP contribution >= 0.6 is 0 Å². The number of imidazole rings is 1. The SMILES string of the molecule is COc1cc(C#N)ccc1COc1cncc(C23CCN(Cc4nc5ccc(C(=O)O)cc5n4C[C@@H]4CCO4)CC2C3)n1. The quantitative estimate of drug-likeness (QED) is 0.294. The number of aromatic carboxylic acids is 1. The highest BCUT2D eigenvalue weighted by Crippen LogP contribution is 2.58. The number of nitriles is 1. The first-order valence-electron chi connectivity index (χ1n) is 14.5. The van der Waals surface area contributed by atoms with Crippen LogP contribution < -0.4 is 9.47 Å². The van der Waals surface area contributed by atoms with Gasteiger partial charge in [0, 0.05) is 30.3 Å². The molecule has 7 rings (SSSR count). The standard InChI is InChI=1S/C32H32N6O5/c1-41-27-10-20(13-33)2-3-22(27)19-43-30-15-34-14-28(36-30)32-7-8-37(16-23(32)12-32)18-29-35-25-5-4-21(31(39)40)11-26(25)38(29)17-24-6-9-42-24/h2-5,10-11,14-15,23-24H,6-9,12,16-19H2,1H3,(H,39,40)/t23?,24-,32?/m0/s1. The van der Waals surface area contributed by atoms with Gasteiger partial charge in [0.2, 0.25) is 5.88 Å². The summed E-state index contributed by atoms with van der Waals surface area (Å²) in [7, 11) is 1.58. The fourth-order valence-corrected chi connectivity index (χ4v) is 6.48. The molecule has 2 saturated heterocycles. The van der Waals surface area contributed by atoms with E-state index in [1.807, 2.05) is 12.3 Å². The highest BCUT2D eigenvalue weighted by atomic mass is 16.5. The number of methoxy groups -OCH3 is 1. The first-order chi connectivity index (χ1) is 21.0. The summed E-state index contributed by atoms with van der Waals surface area (Å²) >= 11 is 0. The van der Waals surface area contributed by atoms with E-state index in [1.54, 1.807) is 43.6 Å². The molecule has 0 amide bonds. The van der Waals surface area contributed by atoms with Gasteiger partial charge in [0.05, 0.1) is 66.4 Å². The summed E-state index contributed by atoms with van der Waals surface area (Å²) in [5.74, 6) is 1.54. The van der Waals surface area contributed by atoms with Crippen molar-refractivity contribution in [2.45, 2.75) is 50.5 Å². The molecule has 43 heavy (non-hydrogen) atoms. The molecular formula is C32H32N6O5. The lowest BCUT2D eigenvalue weighted by atomic mass is 9.92. The molecule has 2 unspecified atom stereocenters. The van der Waals surface area contributed by atoms with Gasteiger partial charge >= 0.3 is 5.97 Å². The zero-order valence-electron chi connectivity index (χ0n) is 23.9. The molecule has 1 aliphatic carbocycles. The van der Waals surface area contributed by atoms with Crippen molar-refractivity contribution in [1.29, 1.82) is 5.26 Å². The minimum Gasteiger partial charge on any atom is -0.496 e. The maximum atomic E-state index is 11.6. The fraction of sp³-hybridized carbons (Fsp3) is 0.406. The fourth-order valence-electron chi connectivity index (χ4n) is 6.48. The van der Waals surface area contributed by atoms with Gasteiger partial charge in [-0.15, -0.1) is 0 Å². The van der Waals surface area contributed by atoms with Crippen molar-refractivity contribution in [3.63, 3.8) is 0 Å². The lowest BCUT2D eigenvalue weighted by Crippen LogP contribution is -2.37.